The molecule has 0 saturated carbocycles. The van der Waals surface area contributed by atoms with Gasteiger partial charge in [0, 0.05) is 6.42 Å². The fourth-order valence-electron chi connectivity index (χ4n) is 2.03. The fraction of sp³-hybridized carbons (Fsp3) is 0.550. The van der Waals surface area contributed by atoms with Gasteiger partial charge in [0.1, 0.15) is 0 Å². The van der Waals surface area contributed by atoms with Crippen molar-refractivity contribution in [1.82, 2.24) is 0 Å². The van der Waals surface area contributed by atoms with Crippen LogP contribution in [0.2, 0.25) is 0 Å². The van der Waals surface area contributed by atoms with Crippen molar-refractivity contribution in [3.63, 3.8) is 0 Å². The maximum absolute atomic E-state index is 10.4. The molecular formula is C20H32O5. The van der Waals surface area contributed by atoms with Crippen molar-refractivity contribution < 1.29 is 25.2 Å². The first-order valence-electron chi connectivity index (χ1n) is 8.84. The molecule has 0 aliphatic carbocycles. The molecule has 0 aliphatic rings. The molecule has 0 bridgehead atoms. The third kappa shape index (κ3) is 18.5. The van der Waals surface area contributed by atoms with Gasteiger partial charge in [0.25, 0.3) is 0 Å². The molecule has 0 amide bonds. The van der Waals surface area contributed by atoms with Crippen LogP contribution in [-0.2, 0) is 4.79 Å². The van der Waals surface area contributed by atoms with Gasteiger partial charge >= 0.3 is 5.97 Å². The molecule has 0 fully saturated rings. The minimum Gasteiger partial charge on any atom is -0.481 e. The quantitative estimate of drug-likeness (QED) is 0.219. The van der Waals surface area contributed by atoms with Gasteiger partial charge in [0.15, 0.2) is 0 Å². The van der Waals surface area contributed by atoms with Crippen molar-refractivity contribution in [1.29, 1.82) is 0 Å². The molecule has 0 aliphatic heterocycles. The van der Waals surface area contributed by atoms with Crippen LogP contribution in [0.5, 0.6) is 0 Å². The standard InChI is InChI=1S/C20H32O5/c1-17(21)11-6-2-3-7-12-18(22)13-8-4-5-9-14-19(23)15-10-16-20(24)25/h3-5,7-9,13-14,17-19,21-23H,2,6,10-12,15-16H2,1H3,(H,24,25). The van der Waals surface area contributed by atoms with Crippen LogP contribution in [0.25, 0.3) is 0 Å². The van der Waals surface area contributed by atoms with E-state index in [0.717, 1.165) is 19.3 Å². The monoisotopic (exact) mass is 352 g/mol. The van der Waals surface area contributed by atoms with Gasteiger partial charge in [-0.05, 0) is 45.4 Å². The highest BCUT2D eigenvalue weighted by atomic mass is 16.4. The summed E-state index contributed by atoms with van der Waals surface area (Å²) in [4.78, 5) is 10.4. The molecule has 5 heteroatoms. The van der Waals surface area contributed by atoms with Crippen molar-refractivity contribution in [3.05, 3.63) is 48.6 Å². The zero-order valence-corrected chi connectivity index (χ0v) is 15.0. The molecule has 3 unspecified atom stereocenters. The van der Waals surface area contributed by atoms with E-state index >= 15 is 0 Å². The number of aliphatic carboxylic acids is 1. The highest BCUT2D eigenvalue weighted by molar-refractivity contribution is 5.66. The van der Waals surface area contributed by atoms with Crippen molar-refractivity contribution >= 4 is 5.97 Å². The number of allylic oxidation sites excluding steroid dienone is 5. The van der Waals surface area contributed by atoms with Gasteiger partial charge in [-0.2, -0.15) is 0 Å². The summed E-state index contributed by atoms with van der Waals surface area (Å²) in [7, 11) is 0. The van der Waals surface area contributed by atoms with Gasteiger partial charge in [0.2, 0.25) is 0 Å². The molecule has 4 N–H and O–H groups in total. The SMILES string of the molecule is CC(O)CCCC=CCC(O)C=CC=CC=CC(O)CCCC(=O)O. The van der Waals surface area contributed by atoms with E-state index < -0.39 is 18.2 Å². The van der Waals surface area contributed by atoms with Crippen LogP contribution in [0.3, 0.4) is 0 Å². The van der Waals surface area contributed by atoms with E-state index in [1.54, 1.807) is 43.4 Å². The Morgan fingerprint density at radius 3 is 2.12 bits per heavy atom. The lowest BCUT2D eigenvalue weighted by atomic mass is 10.1. The zero-order chi connectivity index (χ0) is 18.9. The Morgan fingerprint density at radius 1 is 0.880 bits per heavy atom. The predicted molar refractivity (Wildman–Crippen MR) is 100 cm³/mol. The number of carbonyl (C=O) groups is 1. The minimum absolute atomic E-state index is 0.0658. The summed E-state index contributed by atoms with van der Waals surface area (Å²) in [6.07, 6.45) is 16.9. The average Bonchev–Trinajstić information content (AvgIpc) is 2.53. The largest absolute Gasteiger partial charge is 0.481 e. The smallest absolute Gasteiger partial charge is 0.303 e. The number of hydrogen-bond acceptors (Lipinski definition) is 4. The Balaban J connectivity index is 3.82. The van der Waals surface area contributed by atoms with Gasteiger partial charge in [-0.3, -0.25) is 4.79 Å². The fourth-order valence-corrected chi connectivity index (χ4v) is 2.03. The average molecular weight is 352 g/mol. The van der Waals surface area contributed by atoms with E-state index in [0.29, 0.717) is 19.3 Å². The Morgan fingerprint density at radius 2 is 1.52 bits per heavy atom. The highest BCUT2D eigenvalue weighted by Crippen LogP contribution is 2.04. The molecule has 3 atom stereocenters. The predicted octanol–water partition coefficient (Wildman–Crippen LogP) is 3.13. The molecule has 0 radical (unpaired) electrons. The Kier molecular flexibility index (Phi) is 14.7. The molecule has 0 aromatic rings. The van der Waals surface area contributed by atoms with Crippen LogP contribution in [0.1, 0.15) is 51.9 Å². The van der Waals surface area contributed by atoms with Crippen molar-refractivity contribution in [3.8, 4) is 0 Å². The Bertz CT molecular complexity index is 449. The molecule has 0 spiro atoms. The summed E-state index contributed by atoms with van der Waals surface area (Å²) in [6, 6.07) is 0. The first kappa shape index (κ1) is 23.3. The molecule has 0 aromatic carbocycles. The number of rotatable bonds is 14. The van der Waals surface area contributed by atoms with Gasteiger partial charge in [-0.1, -0.05) is 48.6 Å². The molecule has 142 valence electrons. The van der Waals surface area contributed by atoms with Gasteiger partial charge in [-0.25, -0.2) is 0 Å². The third-order valence-corrected chi connectivity index (χ3v) is 3.43. The maximum Gasteiger partial charge on any atom is 0.303 e. The molecular weight excluding hydrogens is 320 g/mol. The van der Waals surface area contributed by atoms with E-state index in [1.165, 1.54) is 0 Å². The van der Waals surface area contributed by atoms with Gasteiger partial charge in [0.05, 0.1) is 18.3 Å². The second-order valence-electron chi connectivity index (χ2n) is 6.06. The highest BCUT2D eigenvalue weighted by Gasteiger charge is 2.01. The number of unbranched alkanes of at least 4 members (excludes halogenated alkanes) is 1. The first-order chi connectivity index (χ1) is 11.9. The number of hydrogen-bond donors (Lipinski definition) is 4. The van der Waals surface area contributed by atoms with Crippen LogP contribution in [0.4, 0.5) is 0 Å². The third-order valence-electron chi connectivity index (χ3n) is 3.43. The Labute approximate surface area is 150 Å². The molecule has 0 rings (SSSR count). The summed E-state index contributed by atoms with van der Waals surface area (Å²) >= 11 is 0. The van der Waals surface area contributed by atoms with E-state index in [4.69, 9.17) is 10.2 Å². The minimum atomic E-state index is -0.852. The summed E-state index contributed by atoms with van der Waals surface area (Å²) in [6.45, 7) is 1.78. The van der Waals surface area contributed by atoms with Crippen molar-refractivity contribution in [2.24, 2.45) is 0 Å². The van der Waals surface area contributed by atoms with Crippen LogP contribution in [0, 0.1) is 0 Å². The Hall–Kier alpha value is -1.69. The molecule has 0 heterocycles. The van der Waals surface area contributed by atoms with Crippen LogP contribution in [-0.4, -0.2) is 44.7 Å². The van der Waals surface area contributed by atoms with Crippen LogP contribution < -0.4 is 0 Å². The van der Waals surface area contributed by atoms with Crippen molar-refractivity contribution in [2.75, 3.05) is 0 Å². The van der Waals surface area contributed by atoms with Gasteiger partial charge < -0.3 is 20.4 Å². The molecule has 25 heavy (non-hydrogen) atoms. The number of carboxylic acids is 1. The second-order valence-corrected chi connectivity index (χ2v) is 6.06. The summed E-state index contributed by atoms with van der Waals surface area (Å²) in [5, 5.41) is 37.0. The lowest BCUT2D eigenvalue weighted by Gasteiger charge is -2.02. The second kappa shape index (κ2) is 15.8. The number of aliphatic hydroxyl groups excluding tert-OH is 3. The molecule has 0 aromatic heterocycles. The lowest BCUT2D eigenvalue weighted by Crippen LogP contribution is -2.03. The van der Waals surface area contributed by atoms with E-state index in [1.807, 2.05) is 12.2 Å². The zero-order valence-electron chi connectivity index (χ0n) is 15.0. The summed E-state index contributed by atoms with van der Waals surface area (Å²) in [5.74, 6) is -0.852. The topological polar surface area (TPSA) is 98.0 Å². The van der Waals surface area contributed by atoms with E-state index in [9.17, 15) is 15.0 Å². The normalized spacial score (nSPS) is 16.3. The van der Waals surface area contributed by atoms with Crippen LogP contribution >= 0.6 is 0 Å². The summed E-state index contributed by atoms with van der Waals surface area (Å²) in [5.41, 5.74) is 0. The molecule has 0 saturated heterocycles. The number of aliphatic hydroxyl groups is 3. The van der Waals surface area contributed by atoms with E-state index in [-0.39, 0.29) is 12.5 Å². The van der Waals surface area contributed by atoms with Gasteiger partial charge in [-0.15, -0.1) is 0 Å². The maximum atomic E-state index is 10.4. The van der Waals surface area contributed by atoms with E-state index in [2.05, 4.69) is 0 Å². The van der Waals surface area contributed by atoms with Crippen LogP contribution in [0.15, 0.2) is 48.6 Å². The summed E-state index contributed by atoms with van der Waals surface area (Å²) < 4.78 is 0. The number of carboxylic acid groups (broad SMARTS) is 1. The first-order valence-corrected chi connectivity index (χ1v) is 8.84. The van der Waals surface area contributed by atoms with Crippen molar-refractivity contribution in [2.45, 2.75) is 70.2 Å². The lowest BCUT2D eigenvalue weighted by molar-refractivity contribution is -0.137. The molecule has 5 nitrogen and oxygen atoms in total.